The molecule has 2 atom stereocenters. The lowest BCUT2D eigenvalue weighted by Crippen LogP contribution is -2.16. The van der Waals surface area contributed by atoms with Gasteiger partial charge >= 0.3 is 5.97 Å². The summed E-state index contributed by atoms with van der Waals surface area (Å²) in [5.41, 5.74) is 0.579. The molecule has 1 aromatic rings. The third-order valence-electron chi connectivity index (χ3n) is 3.62. The maximum atomic E-state index is 13.1. The first-order chi connectivity index (χ1) is 8.87. The van der Waals surface area contributed by atoms with Crippen LogP contribution in [0.3, 0.4) is 0 Å². The number of benzene rings is 1. The summed E-state index contributed by atoms with van der Waals surface area (Å²) in [6.07, 6.45) is 0.277. The molecule has 5 heteroatoms. The lowest BCUT2D eigenvalue weighted by Gasteiger charge is -2.17. The highest BCUT2D eigenvalue weighted by Gasteiger charge is 2.41. The van der Waals surface area contributed by atoms with Crippen molar-refractivity contribution in [1.82, 2.24) is 0 Å². The second-order valence-electron chi connectivity index (χ2n) is 5.15. The Morgan fingerprint density at radius 1 is 1.53 bits per heavy atom. The SMILES string of the molecule is O=C(O)C(CC1CCC(F)(F)C1)c1cccc(Cl)c1. The predicted octanol–water partition coefficient (Wildman–Crippen LogP) is 4.33. The maximum Gasteiger partial charge on any atom is 0.310 e. The van der Waals surface area contributed by atoms with Gasteiger partial charge in [0.15, 0.2) is 0 Å². The van der Waals surface area contributed by atoms with Gasteiger partial charge in [0.2, 0.25) is 5.92 Å². The Kier molecular flexibility index (Phi) is 4.09. The summed E-state index contributed by atoms with van der Waals surface area (Å²) >= 11 is 5.84. The van der Waals surface area contributed by atoms with Gasteiger partial charge in [-0.2, -0.15) is 0 Å². The molecule has 0 saturated heterocycles. The average molecular weight is 289 g/mol. The molecular weight excluding hydrogens is 274 g/mol. The molecule has 0 bridgehead atoms. The van der Waals surface area contributed by atoms with Gasteiger partial charge in [0, 0.05) is 17.9 Å². The fourth-order valence-electron chi connectivity index (χ4n) is 2.68. The second-order valence-corrected chi connectivity index (χ2v) is 5.58. The van der Waals surface area contributed by atoms with Crippen LogP contribution >= 0.6 is 11.6 Å². The number of alkyl halides is 2. The smallest absolute Gasteiger partial charge is 0.310 e. The van der Waals surface area contributed by atoms with Crippen molar-refractivity contribution in [1.29, 1.82) is 0 Å². The molecule has 0 radical (unpaired) electrons. The van der Waals surface area contributed by atoms with Crippen LogP contribution in [-0.4, -0.2) is 17.0 Å². The number of halogens is 3. The van der Waals surface area contributed by atoms with Crippen molar-refractivity contribution >= 4 is 17.6 Å². The lowest BCUT2D eigenvalue weighted by molar-refractivity contribution is -0.139. The van der Waals surface area contributed by atoms with Crippen molar-refractivity contribution in [2.45, 2.75) is 37.5 Å². The van der Waals surface area contributed by atoms with E-state index in [2.05, 4.69) is 0 Å². The van der Waals surface area contributed by atoms with Crippen LogP contribution in [0.2, 0.25) is 5.02 Å². The normalized spacial score (nSPS) is 23.2. The van der Waals surface area contributed by atoms with Crippen molar-refractivity contribution in [3.05, 3.63) is 34.9 Å². The predicted molar refractivity (Wildman–Crippen MR) is 68.7 cm³/mol. The van der Waals surface area contributed by atoms with E-state index in [1.54, 1.807) is 24.3 Å². The zero-order valence-electron chi connectivity index (χ0n) is 10.3. The summed E-state index contributed by atoms with van der Waals surface area (Å²) in [5.74, 6) is -4.63. The van der Waals surface area contributed by atoms with Crippen LogP contribution in [0.25, 0.3) is 0 Å². The first-order valence-corrected chi connectivity index (χ1v) is 6.61. The van der Waals surface area contributed by atoms with E-state index in [0.717, 1.165) is 0 Å². The highest BCUT2D eigenvalue weighted by Crippen LogP contribution is 2.43. The molecule has 19 heavy (non-hydrogen) atoms. The molecule has 0 aliphatic heterocycles. The van der Waals surface area contributed by atoms with Crippen LogP contribution in [0, 0.1) is 5.92 Å². The van der Waals surface area contributed by atoms with Gasteiger partial charge in [0.1, 0.15) is 0 Å². The summed E-state index contributed by atoms with van der Waals surface area (Å²) in [4.78, 5) is 11.3. The highest BCUT2D eigenvalue weighted by molar-refractivity contribution is 6.30. The van der Waals surface area contributed by atoms with Crippen molar-refractivity contribution in [2.24, 2.45) is 5.92 Å². The third-order valence-corrected chi connectivity index (χ3v) is 3.86. The Bertz CT molecular complexity index is 476. The number of carbonyl (C=O) groups is 1. The van der Waals surface area contributed by atoms with Gasteiger partial charge in [-0.05, 0) is 36.5 Å². The molecule has 2 nitrogen and oxygen atoms in total. The zero-order chi connectivity index (χ0) is 14.0. The van der Waals surface area contributed by atoms with Crippen LogP contribution in [-0.2, 0) is 4.79 Å². The zero-order valence-corrected chi connectivity index (χ0v) is 11.0. The summed E-state index contributed by atoms with van der Waals surface area (Å²) < 4.78 is 26.3. The molecule has 0 heterocycles. The van der Waals surface area contributed by atoms with Gasteiger partial charge in [-0.25, -0.2) is 8.78 Å². The van der Waals surface area contributed by atoms with E-state index >= 15 is 0 Å². The quantitative estimate of drug-likeness (QED) is 0.895. The van der Waals surface area contributed by atoms with Crippen molar-refractivity contribution in [3.63, 3.8) is 0 Å². The average Bonchev–Trinajstić information content (AvgIpc) is 2.65. The minimum atomic E-state index is -2.64. The third kappa shape index (κ3) is 3.66. The van der Waals surface area contributed by atoms with E-state index in [4.69, 9.17) is 11.6 Å². The summed E-state index contributed by atoms with van der Waals surface area (Å²) in [6.45, 7) is 0. The molecule has 1 fully saturated rings. The molecule has 1 aromatic carbocycles. The Balaban J connectivity index is 2.12. The van der Waals surface area contributed by atoms with Gasteiger partial charge in [-0.1, -0.05) is 23.7 Å². The van der Waals surface area contributed by atoms with Crippen LogP contribution in [0.1, 0.15) is 37.2 Å². The largest absolute Gasteiger partial charge is 0.481 e. The molecule has 104 valence electrons. The number of hydrogen-bond donors (Lipinski definition) is 1. The summed E-state index contributed by atoms with van der Waals surface area (Å²) in [5, 5.41) is 9.74. The van der Waals surface area contributed by atoms with E-state index in [1.807, 2.05) is 0 Å². The maximum absolute atomic E-state index is 13.1. The van der Waals surface area contributed by atoms with E-state index in [-0.39, 0.29) is 25.2 Å². The van der Waals surface area contributed by atoms with E-state index in [1.165, 1.54) is 0 Å². The van der Waals surface area contributed by atoms with Gasteiger partial charge in [-0.3, -0.25) is 4.79 Å². The van der Waals surface area contributed by atoms with Crippen LogP contribution < -0.4 is 0 Å². The summed E-state index contributed by atoms with van der Waals surface area (Å²) in [6, 6.07) is 6.61. The number of carboxylic acid groups (broad SMARTS) is 1. The Labute approximate surface area is 115 Å². The highest BCUT2D eigenvalue weighted by atomic mass is 35.5. The molecule has 1 saturated carbocycles. The van der Waals surface area contributed by atoms with Gasteiger partial charge in [0.05, 0.1) is 5.92 Å². The minimum absolute atomic E-state index is 0.139. The van der Waals surface area contributed by atoms with Gasteiger partial charge < -0.3 is 5.11 Å². The lowest BCUT2D eigenvalue weighted by atomic mass is 9.88. The topological polar surface area (TPSA) is 37.3 Å². The molecule has 0 aromatic heterocycles. The minimum Gasteiger partial charge on any atom is -0.481 e. The fourth-order valence-corrected chi connectivity index (χ4v) is 2.88. The molecule has 0 amide bonds. The molecule has 2 rings (SSSR count). The van der Waals surface area contributed by atoms with E-state index < -0.39 is 17.8 Å². The molecule has 1 aliphatic carbocycles. The first-order valence-electron chi connectivity index (χ1n) is 6.23. The number of rotatable bonds is 4. The van der Waals surface area contributed by atoms with Crippen LogP contribution in [0.5, 0.6) is 0 Å². The van der Waals surface area contributed by atoms with Gasteiger partial charge in [-0.15, -0.1) is 0 Å². The Hall–Kier alpha value is -1.16. The van der Waals surface area contributed by atoms with Gasteiger partial charge in [0.25, 0.3) is 0 Å². The standard InChI is InChI=1S/C14H15ClF2O2/c15-11-3-1-2-10(7-11)12(13(18)19)6-9-4-5-14(16,17)8-9/h1-3,7,9,12H,4-6,8H2,(H,18,19). The van der Waals surface area contributed by atoms with Crippen LogP contribution in [0.4, 0.5) is 8.78 Å². The van der Waals surface area contributed by atoms with Crippen molar-refractivity contribution in [3.8, 4) is 0 Å². The number of hydrogen-bond acceptors (Lipinski definition) is 1. The molecule has 1 aliphatic rings. The van der Waals surface area contributed by atoms with Crippen molar-refractivity contribution < 1.29 is 18.7 Å². The second kappa shape index (κ2) is 5.45. The Morgan fingerprint density at radius 3 is 2.79 bits per heavy atom. The number of carboxylic acids is 1. The van der Waals surface area contributed by atoms with Crippen LogP contribution in [0.15, 0.2) is 24.3 Å². The fraction of sp³-hybridized carbons (Fsp3) is 0.500. The Morgan fingerprint density at radius 2 is 2.26 bits per heavy atom. The monoisotopic (exact) mass is 288 g/mol. The van der Waals surface area contributed by atoms with E-state index in [9.17, 15) is 18.7 Å². The van der Waals surface area contributed by atoms with Crippen molar-refractivity contribution in [2.75, 3.05) is 0 Å². The summed E-state index contributed by atoms with van der Waals surface area (Å²) in [7, 11) is 0. The molecule has 2 unspecified atom stereocenters. The first kappa shape index (κ1) is 14.3. The number of aliphatic carboxylic acids is 1. The molecule has 0 spiro atoms. The molecule has 1 N–H and O–H groups in total. The molecular formula is C14H15ClF2O2. The van der Waals surface area contributed by atoms with E-state index in [0.29, 0.717) is 17.0 Å².